The number of carboxylic acid groups (broad SMARTS) is 1. The molecule has 0 spiro atoms. The zero-order chi connectivity index (χ0) is 20.1. The van der Waals surface area contributed by atoms with Gasteiger partial charge in [-0.25, -0.2) is 4.68 Å². The van der Waals surface area contributed by atoms with Crippen LogP contribution >= 0.6 is 0 Å². The van der Waals surface area contributed by atoms with Gasteiger partial charge in [0, 0.05) is 31.8 Å². The molecule has 0 saturated heterocycles. The lowest BCUT2D eigenvalue weighted by molar-refractivity contribution is -0.137. The Bertz CT molecular complexity index is 855. The van der Waals surface area contributed by atoms with Crippen LogP contribution in [0.4, 0.5) is 0 Å². The van der Waals surface area contributed by atoms with Crippen LogP contribution in [-0.2, 0) is 16.0 Å². The lowest BCUT2D eigenvalue weighted by Crippen LogP contribution is -2.36. The van der Waals surface area contributed by atoms with Crippen LogP contribution < -0.4 is 5.32 Å². The highest BCUT2D eigenvalue weighted by atomic mass is 16.4. The average molecular weight is 372 g/mol. The number of nitrogens with zero attached hydrogens (tertiary/aromatic N) is 3. The summed E-state index contributed by atoms with van der Waals surface area (Å²) in [5, 5.41) is 15.9. The maximum Gasteiger partial charge on any atom is 0.303 e. The fraction of sp³-hybridized carbons (Fsp3) is 0.368. The number of aliphatic carboxylic acids is 1. The molecule has 8 nitrogen and oxygen atoms in total. The predicted molar refractivity (Wildman–Crippen MR) is 100 cm³/mol. The number of likely N-dealkylation sites (N-methyl/N-ethyl adjacent to an activating group) is 2. The molecule has 0 bridgehead atoms. The number of nitrogens with one attached hydrogen (secondary N) is 1. The van der Waals surface area contributed by atoms with Crippen LogP contribution in [0.15, 0.2) is 24.3 Å². The van der Waals surface area contributed by atoms with E-state index < -0.39 is 5.97 Å². The van der Waals surface area contributed by atoms with Crippen molar-refractivity contribution in [3.8, 4) is 5.69 Å². The second-order valence-electron chi connectivity index (χ2n) is 6.34. The van der Waals surface area contributed by atoms with Crippen molar-refractivity contribution in [2.24, 2.45) is 0 Å². The summed E-state index contributed by atoms with van der Waals surface area (Å²) in [6, 6.07) is 6.93. The number of benzene rings is 1. The third-order valence-corrected chi connectivity index (χ3v) is 4.40. The quantitative estimate of drug-likeness (QED) is 0.763. The normalized spacial score (nSPS) is 10.5. The Balaban J connectivity index is 2.20. The Morgan fingerprint density at radius 1 is 1.19 bits per heavy atom. The average Bonchev–Trinajstić information content (AvgIpc) is 2.93. The SMILES string of the molecule is CNC(=O)CN(C)C(=O)c1ccc(-n2nc(C)c(CCC(=O)O)c2C)cc1. The maximum atomic E-state index is 12.4. The third kappa shape index (κ3) is 4.72. The molecule has 27 heavy (non-hydrogen) atoms. The molecule has 0 radical (unpaired) electrons. The predicted octanol–water partition coefficient (Wildman–Crippen LogP) is 1.32. The van der Waals surface area contributed by atoms with Crippen LogP contribution in [0.3, 0.4) is 0 Å². The molecule has 0 aliphatic rings. The molecule has 1 heterocycles. The van der Waals surface area contributed by atoms with Gasteiger partial charge in [-0.2, -0.15) is 5.10 Å². The Morgan fingerprint density at radius 3 is 2.37 bits per heavy atom. The minimum atomic E-state index is -0.842. The molecule has 0 aliphatic heterocycles. The number of hydrogen-bond acceptors (Lipinski definition) is 4. The lowest BCUT2D eigenvalue weighted by Gasteiger charge is -2.16. The third-order valence-electron chi connectivity index (χ3n) is 4.40. The summed E-state index contributed by atoms with van der Waals surface area (Å²) in [4.78, 5) is 36.0. The van der Waals surface area contributed by atoms with Crippen LogP contribution in [0.1, 0.15) is 33.7 Å². The zero-order valence-electron chi connectivity index (χ0n) is 15.9. The van der Waals surface area contributed by atoms with Crippen molar-refractivity contribution in [2.45, 2.75) is 26.7 Å². The Kier molecular flexibility index (Phi) is 6.33. The molecule has 0 aliphatic carbocycles. The molecule has 8 heteroatoms. The van der Waals surface area contributed by atoms with Crippen LogP contribution in [0.5, 0.6) is 0 Å². The van der Waals surface area contributed by atoms with Crippen molar-refractivity contribution in [3.05, 3.63) is 46.8 Å². The number of amides is 2. The van der Waals surface area contributed by atoms with E-state index in [2.05, 4.69) is 10.4 Å². The molecule has 2 amide bonds. The number of carboxylic acids is 1. The van der Waals surface area contributed by atoms with Crippen molar-refractivity contribution >= 4 is 17.8 Å². The molecule has 0 unspecified atom stereocenters. The molecule has 2 N–H and O–H groups in total. The van der Waals surface area contributed by atoms with Crippen molar-refractivity contribution < 1.29 is 19.5 Å². The standard InChI is InChI=1S/C19H24N4O4/c1-12-16(9-10-18(25)26)13(2)23(21-12)15-7-5-14(6-8-15)19(27)22(4)11-17(24)20-3/h5-8H,9-11H2,1-4H3,(H,20,24)(H,25,26). The van der Waals surface area contributed by atoms with Crippen molar-refractivity contribution in [3.63, 3.8) is 0 Å². The molecular weight excluding hydrogens is 348 g/mol. The monoisotopic (exact) mass is 372 g/mol. The summed E-state index contributed by atoms with van der Waals surface area (Å²) < 4.78 is 1.75. The summed E-state index contributed by atoms with van der Waals surface area (Å²) >= 11 is 0. The first-order valence-electron chi connectivity index (χ1n) is 8.58. The maximum absolute atomic E-state index is 12.4. The highest BCUT2D eigenvalue weighted by Crippen LogP contribution is 2.20. The van der Waals surface area contributed by atoms with Gasteiger partial charge in [0.05, 0.1) is 17.9 Å². The molecule has 144 valence electrons. The molecule has 0 saturated carbocycles. The Hall–Kier alpha value is -3.16. The van der Waals surface area contributed by atoms with E-state index in [0.29, 0.717) is 12.0 Å². The summed E-state index contributed by atoms with van der Waals surface area (Å²) in [7, 11) is 3.09. The van der Waals surface area contributed by atoms with Crippen LogP contribution in [0, 0.1) is 13.8 Å². The minimum absolute atomic E-state index is 0.0124. The number of aromatic nitrogens is 2. The molecule has 0 atom stereocenters. The first-order valence-corrected chi connectivity index (χ1v) is 8.58. The Morgan fingerprint density at radius 2 is 1.81 bits per heavy atom. The van der Waals surface area contributed by atoms with Gasteiger partial charge in [-0.05, 0) is 50.1 Å². The first-order chi connectivity index (χ1) is 12.7. The number of carbonyl (C=O) groups excluding carboxylic acids is 2. The first kappa shape index (κ1) is 20.2. The van der Waals surface area contributed by atoms with Gasteiger partial charge in [-0.3, -0.25) is 14.4 Å². The zero-order valence-corrected chi connectivity index (χ0v) is 15.9. The van der Waals surface area contributed by atoms with E-state index >= 15 is 0 Å². The lowest BCUT2D eigenvalue weighted by atomic mass is 10.1. The van der Waals surface area contributed by atoms with Gasteiger partial charge in [-0.15, -0.1) is 0 Å². The smallest absolute Gasteiger partial charge is 0.303 e. The second kappa shape index (κ2) is 8.48. The van der Waals surface area contributed by atoms with E-state index in [4.69, 9.17) is 5.11 Å². The van der Waals surface area contributed by atoms with E-state index in [-0.39, 0.29) is 24.8 Å². The van der Waals surface area contributed by atoms with Gasteiger partial charge in [0.1, 0.15) is 0 Å². The number of rotatable bonds is 7. The molecule has 2 rings (SSSR count). The van der Waals surface area contributed by atoms with Gasteiger partial charge >= 0.3 is 5.97 Å². The van der Waals surface area contributed by atoms with Gasteiger partial charge in [-0.1, -0.05) is 0 Å². The molecule has 2 aromatic rings. The summed E-state index contributed by atoms with van der Waals surface area (Å²) in [5.74, 6) is -1.33. The molecular formula is C19H24N4O4. The molecule has 1 aromatic heterocycles. The fourth-order valence-electron chi connectivity index (χ4n) is 2.85. The van der Waals surface area contributed by atoms with Crippen molar-refractivity contribution in [1.29, 1.82) is 0 Å². The van der Waals surface area contributed by atoms with E-state index in [1.165, 1.54) is 11.9 Å². The van der Waals surface area contributed by atoms with E-state index in [1.807, 2.05) is 13.8 Å². The van der Waals surface area contributed by atoms with Gasteiger partial charge in [0.2, 0.25) is 5.91 Å². The highest BCUT2D eigenvalue weighted by Gasteiger charge is 2.16. The summed E-state index contributed by atoms with van der Waals surface area (Å²) in [6.45, 7) is 3.74. The highest BCUT2D eigenvalue weighted by molar-refractivity contribution is 5.96. The molecule has 1 aromatic carbocycles. The van der Waals surface area contributed by atoms with Gasteiger partial charge in [0.25, 0.3) is 5.91 Å². The van der Waals surface area contributed by atoms with Crippen LogP contribution in [0.2, 0.25) is 0 Å². The van der Waals surface area contributed by atoms with E-state index in [0.717, 1.165) is 22.6 Å². The number of hydrogen-bond donors (Lipinski definition) is 2. The number of carbonyl (C=O) groups is 3. The minimum Gasteiger partial charge on any atom is -0.481 e. The van der Waals surface area contributed by atoms with Crippen LogP contribution in [-0.4, -0.2) is 58.2 Å². The van der Waals surface area contributed by atoms with Gasteiger partial charge < -0.3 is 15.3 Å². The fourth-order valence-corrected chi connectivity index (χ4v) is 2.85. The van der Waals surface area contributed by atoms with Gasteiger partial charge in [0.15, 0.2) is 0 Å². The number of aryl methyl sites for hydroxylation is 1. The molecule has 0 fully saturated rings. The second-order valence-corrected chi connectivity index (χ2v) is 6.34. The van der Waals surface area contributed by atoms with E-state index in [1.54, 1.807) is 36.0 Å². The van der Waals surface area contributed by atoms with Crippen molar-refractivity contribution in [2.75, 3.05) is 20.6 Å². The topological polar surface area (TPSA) is 105 Å². The Labute approximate surface area is 157 Å². The summed E-state index contributed by atoms with van der Waals surface area (Å²) in [5.41, 5.74) is 3.84. The summed E-state index contributed by atoms with van der Waals surface area (Å²) in [6.07, 6.45) is 0.479. The largest absolute Gasteiger partial charge is 0.481 e. The van der Waals surface area contributed by atoms with Crippen molar-refractivity contribution in [1.82, 2.24) is 20.0 Å². The van der Waals surface area contributed by atoms with Crippen LogP contribution in [0.25, 0.3) is 5.69 Å². The van der Waals surface area contributed by atoms with E-state index in [9.17, 15) is 14.4 Å².